The first-order chi connectivity index (χ1) is 7.13. The summed E-state index contributed by atoms with van der Waals surface area (Å²) in [6.45, 7) is 4.46. The van der Waals surface area contributed by atoms with E-state index in [1.54, 1.807) is 18.0 Å². The summed E-state index contributed by atoms with van der Waals surface area (Å²) < 4.78 is 0.968. The number of aromatic nitrogens is 2. The van der Waals surface area contributed by atoms with Crippen LogP contribution in [0.3, 0.4) is 0 Å². The lowest BCUT2D eigenvalue weighted by Crippen LogP contribution is -1.98. The predicted octanol–water partition coefficient (Wildman–Crippen LogP) is 3.42. The van der Waals surface area contributed by atoms with E-state index < -0.39 is 0 Å². The summed E-state index contributed by atoms with van der Waals surface area (Å²) in [4.78, 5) is 8.50. The van der Waals surface area contributed by atoms with Crippen LogP contribution in [-0.2, 0) is 0 Å². The van der Waals surface area contributed by atoms with Crippen molar-refractivity contribution in [3.8, 4) is 0 Å². The summed E-state index contributed by atoms with van der Waals surface area (Å²) in [7, 11) is 1.83. The minimum Gasteiger partial charge on any atom is -0.357 e. The largest absolute Gasteiger partial charge is 0.357 e. The van der Waals surface area contributed by atoms with Crippen LogP contribution in [0.4, 0.5) is 5.95 Å². The van der Waals surface area contributed by atoms with Gasteiger partial charge < -0.3 is 5.32 Å². The summed E-state index contributed by atoms with van der Waals surface area (Å²) in [6, 6.07) is 0. The second kappa shape index (κ2) is 6.33. The minimum atomic E-state index is 0.672. The molecular weight excluding hydrogens is 274 g/mol. The lowest BCUT2D eigenvalue weighted by atomic mass is 10.2. The van der Waals surface area contributed by atoms with E-state index in [4.69, 9.17) is 0 Å². The smallest absolute Gasteiger partial charge is 0.223 e. The van der Waals surface area contributed by atoms with Crippen molar-refractivity contribution in [1.29, 1.82) is 0 Å². The molecule has 3 nitrogen and oxygen atoms in total. The van der Waals surface area contributed by atoms with Crippen molar-refractivity contribution >= 4 is 33.6 Å². The molecule has 0 aliphatic carbocycles. The molecule has 0 unspecified atom stereocenters. The Morgan fingerprint density at radius 2 is 2.27 bits per heavy atom. The van der Waals surface area contributed by atoms with Gasteiger partial charge in [-0.1, -0.05) is 13.8 Å². The third-order valence-corrected chi connectivity index (χ3v) is 3.74. The fraction of sp³-hybridized carbons (Fsp3) is 0.600. The van der Waals surface area contributed by atoms with Crippen molar-refractivity contribution in [3.05, 3.63) is 10.7 Å². The van der Waals surface area contributed by atoms with Gasteiger partial charge in [-0.2, -0.15) is 0 Å². The van der Waals surface area contributed by atoms with Crippen LogP contribution < -0.4 is 5.32 Å². The second-order valence-electron chi connectivity index (χ2n) is 3.63. The number of hydrogen-bond acceptors (Lipinski definition) is 4. The molecule has 1 rings (SSSR count). The molecule has 0 spiro atoms. The Morgan fingerprint density at radius 1 is 1.53 bits per heavy atom. The van der Waals surface area contributed by atoms with Crippen LogP contribution in [0.15, 0.2) is 15.7 Å². The monoisotopic (exact) mass is 289 g/mol. The van der Waals surface area contributed by atoms with E-state index >= 15 is 0 Å². The van der Waals surface area contributed by atoms with Crippen molar-refractivity contribution in [3.63, 3.8) is 0 Å². The zero-order valence-electron chi connectivity index (χ0n) is 9.25. The molecule has 0 radical (unpaired) electrons. The molecule has 1 heterocycles. The van der Waals surface area contributed by atoms with Crippen LogP contribution in [0.1, 0.15) is 20.3 Å². The predicted molar refractivity (Wildman–Crippen MR) is 69.5 cm³/mol. The highest BCUT2D eigenvalue weighted by atomic mass is 79.9. The maximum absolute atomic E-state index is 4.38. The number of hydrogen-bond donors (Lipinski definition) is 1. The van der Waals surface area contributed by atoms with E-state index in [1.807, 2.05) is 7.05 Å². The van der Waals surface area contributed by atoms with Gasteiger partial charge in [-0.15, -0.1) is 11.8 Å². The van der Waals surface area contributed by atoms with Gasteiger partial charge in [0.25, 0.3) is 0 Å². The minimum absolute atomic E-state index is 0.672. The first-order valence-electron chi connectivity index (χ1n) is 4.96. The highest BCUT2D eigenvalue weighted by Crippen LogP contribution is 2.26. The van der Waals surface area contributed by atoms with Gasteiger partial charge in [0.15, 0.2) is 0 Å². The van der Waals surface area contributed by atoms with Crippen LogP contribution in [0, 0.1) is 5.92 Å². The number of halogens is 1. The summed E-state index contributed by atoms with van der Waals surface area (Å²) in [6.07, 6.45) is 2.99. The Labute approximate surface area is 104 Å². The third-order valence-electron chi connectivity index (χ3n) is 1.87. The highest BCUT2D eigenvalue weighted by molar-refractivity contribution is 9.10. The quantitative estimate of drug-likeness (QED) is 0.666. The standard InChI is InChI=1S/C10H16BrN3S/c1-7(2)4-5-15-9-8(11)6-13-10(12-3)14-9/h6-7H,4-5H2,1-3H3,(H,12,13,14). The van der Waals surface area contributed by atoms with E-state index in [0.717, 1.165) is 21.2 Å². The van der Waals surface area contributed by atoms with Gasteiger partial charge in [0.2, 0.25) is 5.95 Å². The summed E-state index contributed by atoms with van der Waals surface area (Å²) in [5.74, 6) is 2.50. The third kappa shape index (κ3) is 4.38. The maximum Gasteiger partial charge on any atom is 0.223 e. The van der Waals surface area contributed by atoms with Gasteiger partial charge in [-0.25, -0.2) is 9.97 Å². The molecule has 0 aromatic carbocycles. The number of rotatable bonds is 5. The van der Waals surface area contributed by atoms with Crippen molar-refractivity contribution in [2.45, 2.75) is 25.3 Å². The Kier molecular flexibility index (Phi) is 5.39. The van der Waals surface area contributed by atoms with Gasteiger partial charge in [0, 0.05) is 13.2 Å². The SMILES string of the molecule is CNc1ncc(Br)c(SCCC(C)C)n1. The maximum atomic E-state index is 4.38. The Hall–Kier alpha value is -0.290. The fourth-order valence-corrected chi connectivity index (χ4v) is 2.62. The van der Waals surface area contributed by atoms with E-state index in [9.17, 15) is 0 Å². The van der Waals surface area contributed by atoms with Gasteiger partial charge in [-0.05, 0) is 34.0 Å². The molecular formula is C10H16BrN3S. The topological polar surface area (TPSA) is 37.8 Å². The molecule has 0 fully saturated rings. The van der Waals surface area contributed by atoms with Crippen LogP contribution in [0.2, 0.25) is 0 Å². The Bertz CT molecular complexity index is 318. The molecule has 1 aromatic heterocycles. The molecule has 0 amide bonds. The van der Waals surface area contributed by atoms with Crippen LogP contribution in [0.25, 0.3) is 0 Å². The molecule has 84 valence electrons. The van der Waals surface area contributed by atoms with E-state index in [1.165, 1.54) is 6.42 Å². The zero-order chi connectivity index (χ0) is 11.3. The van der Waals surface area contributed by atoms with E-state index in [2.05, 4.69) is 45.1 Å². The Balaban J connectivity index is 2.59. The lowest BCUT2D eigenvalue weighted by Gasteiger charge is -2.06. The molecule has 0 saturated carbocycles. The molecule has 15 heavy (non-hydrogen) atoms. The van der Waals surface area contributed by atoms with Crippen molar-refractivity contribution in [2.75, 3.05) is 18.1 Å². The highest BCUT2D eigenvalue weighted by Gasteiger charge is 2.05. The van der Waals surface area contributed by atoms with Crippen LogP contribution >= 0.6 is 27.7 Å². The molecule has 0 atom stereocenters. The molecule has 0 saturated heterocycles. The lowest BCUT2D eigenvalue weighted by molar-refractivity contribution is 0.632. The Morgan fingerprint density at radius 3 is 2.87 bits per heavy atom. The normalized spacial score (nSPS) is 10.7. The molecule has 0 aliphatic heterocycles. The zero-order valence-corrected chi connectivity index (χ0v) is 11.7. The first kappa shape index (κ1) is 12.8. The fourth-order valence-electron chi connectivity index (χ4n) is 0.964. The van der Waals surface area contributed by atoms with Gasteiger partial charge in [-0.3, -0.25) is 0 Å². The van der Waals surface area contributed by atoms with Gasteiger partial charge >= 0.3 is 0 Å². The molecule has 0 bridgehead atoms. The van der Waals surface area contributed by atoms with Gasteiger partial charge in [0.1, 0.15) is 5.03 Å². The van der Waals surface area contributed by atoms with E-state index in [0.29, 0.717) is 5.95 Å². The van der Waals surface area contributed by atoms with Crippen molar-refractivity contribution < 1.29 is 0 Å². The number of nitrogens with one attached hydrogen (secondary N) is 1. The summed E-state index contributed by atoms with van der Waals surface area (Å²) in [5.41, 5.74) is 0. The average Bonchev–Trinajstić information content (AvgIpc) is 2.20. The number of nitrogens with zero attached hydrogens (tertiary/aromatic N) is 2. The molecule has 1 aromatic rings. The summed E-state index contributed by atoms with van der Waals surface area (Å²) in [5, 5.41) is 3.95. The summed E-state index contributed by atoms with van der Waals surface area (Å²) >= 11 is 5.22. The van der Waals surface area contributed by atoms with Crippen LogP contribution in [0.5, 0.6) is 0 Å². The number of anilines is 1. The van der Waals surface area contributed by atoms with Crippen molar-refractivity contribution in [2.24, 2.45) is 5.92 Å². The average molecular weight is 290 g/mol. The van der Waals surface area contributed by atoms with Crippen molar-refractivity contribution in [1.82, 2.24) is 9.97 Å². The molecule has 1 N–H and O–H groups in total. The number of thioether (sulfide) groups is 1. The molecule has 5 heteroatoms. The first-order valence-corrected chi connectivity index (χ1v) is 6.74. The second-order valence-corrected chi connectivity index (χ2v) is 5.57. The molecule has 0 aliphatic rings. The van der Waals surface area contributed by atoms with Crippen LogP contribution in [-0.4, -0.2) is 22.8 Å². The van der Waals surface area contributed by atoms with Gasteiger partial charge in [0.05, 0.1) is 4.47 Å². The van der Waals surface area contributed by atoms with E-state index in [-0.39, 0.29) is 0 Å².